The van der Waals surface area contributed by atoms with Gasteiger partial charge >= 0.3 is 0 Å². The van der Waals surface area contributed by atoms with Crippen molar-refractivity contribution in [2.75, 3.05) is 19.7 Å². The van der Waals surface area contributed by atoms with Gasteiger partial charge in [0.1, 0.15) is 18.0 Å². The molecule has 0 radical (unpaired) electrons. The van der Waals surface area contributed by atoms with Crippen molar-refractivity contribution in [1.82, 2.24) is 9.88 Å². The van der Waals surface area contributed by atoms with Crippen molar-refractivity contribution in [3.63, 3.8) is 0 Å². The summed E-state index contributed by atoms with van der Waals surface area (Å²) in [5, 5.41) is 10.7. The first-order valence-electron chi connectivity index (χ1n) is 9.13. The highest BCUT2D eigenvalue weighted by atomic mass is 16.5. The van der Waals surface area contributed by atoms with Crippen LogP contribution < -0.4 is 4.74 Å². The molecule has 1 aliphatic rings. The number of nitrogens with zero attached hydrogens (tertiary/aromatic N) is 2. The number of hydrogen-bond acceptors (Lipinski definition) is 4. The smallest absolute Gasteiger partial charge is 0.222 e. The minimum atomic E-state index is -0.967. The zero-order chi connectivity index (χ0) is 18.4. The van der Waals surface area contributed by atoms with Crippen molar-refractivity contribution in [2.45, 2.75) is 38.2 Å². The van der Waals surface area contributed by atoms with Crippen molar-refractivity contribution < 1.29 is 14.6 Å². The number of benzene rings is 1. The first-order valence-corrected chi connectivity index (χ1v) is 9.13. The lowest BCUT2D eigenvalue weighted by atomic mass is 10.1. The maximum absolute atomic E-state index is 12.4. The van der Waals surface area contributed by atoms with Gasteiger partial charge < -0.3 is 14.7 Å². The maximum atomic E-state index is 12.4. The van der Waals surface area contributed by atoms with Gasteiger partial charge in [-0.2, -0.15) is 0 Å². The molecule has 1 saturated heterocycles. The molecular weight excluding hydrogens is 328 g/mol. The van der Waals surface area contributed by atoms with Crippen LogP contribution in [0.3, 0.4) is 0 Å². The van der Waals surface area contributed by atoms with Crippen LogP contribution in [0, 0.1) is 6.92 Å². The van der Waals surface area contributed by atoms with Gasteiger partial charge in [-0.3, -0.25) is 9.78 Å². The molecule has 1 amide bonds. The van der Waals surface area contributed by atoms with Crippen LogP contribution in [-0.4, -0.2) is 46.2 Å². The molecule has 1 aromatic heterocycles. The quantitative estimate of drug-likeness (QED) is 0.830. The van der Waals surface area contributed by atoms with E-state index in [4.69, 9.17) is 4.74 Å². The van der Waals surface area contributed by atoms with E-state index in [1.54, 1.807) is 17.3 Å². The third-order valence-electron chi connectivity index (χ3n) is 4.82. The van der Waals surface area contributed by atoms with E-state index in [2.05, 4.69) is 4.98 Å². The molecule has 1 atom stereocenters. The van der Waals surface area contributed by atoms with Crippen LogP contribution >= 0.6 is 0 Å². The van der Waals surface area contributed by atoms with E-state index in [-0.39, 0.29) is 12.5 Å². The Balaban J connectivity index is 1.43. The van der Waals surface area contributed by atoms with E-state index in [9.17, 15) is 9.90 Å². The summed E-state index contributed by atoms with van der Waals surface area (Å²) in [5.41, 5.74) is 1.39. The van der Waals surface area contributed by atoms with Crippen molar-refractivity contribution in [2.24, 2.45) is 0 Å². The predicted octanol–water partition coefficient (Wildman–Crippen LogP) is 2.76. The minimum absolute atomic E-state index is 0.102. The summed E-state index contributed by atoms with van der Waals surface area (Å²) in [5.74, 6) is 0.844. The summed E-state index contributed by atoms with van der Waals surface area (Å²) in [7, 11) is 0. The van der Waals surface area contributed by atoms with Gasteiger partial charge in [-0.15, -0.1) is 0 Å². The molecule has 2 heterocycles. The van der Waals surface area contributed by atoms with Gasteiger partial charge in [-0.1, -0.05) is 17.7 Å². The van der Waals surface area contributed by atoms with E-state index in [1.807, 2.05) is 43.3 Å². The lowest BCUT2D eigenvalue weighted by molar-refractivity contribution is -0.131. The molecule has 2 aromatic rings. The van der Waals surface area contributed by atoms with Gasteiger partial charge in [0.25, 0.3) is 0 Å². The molecule has 1 unspecified atom stereocenters. The third-order valence-corrected chi connectivity index (χ3v) is 4.82. The van der Waals surface area contributed by atoms with Crippen LogP contribution in [0.15, 0.2) is 48.8 Å². The number of aromatic nitrogens is 1. The van der Waals surface area contributed by atoms with Crippen LogP contribution in [0.1, 0.15) is 30.4 Å². The fourth-order valence-electron chi connectivity index (χ4n) is 3.19. The number of amides is 1. The highest BCUT2D eigenvalue weighted by molar-refractivity contribution is 5.76. The first-order chi connectivity index (χ1) is 12.5. The Morgan fingerprint density at radius 3 is 2.69 bits per heavy atom. The fourth-order valence-corrected chi connectivity index (χ4v) is 3.19. The van der Waals surface area contributed by atoms with Crippen LogP contribution in [0.25, 0.3) is 0 Å². The normalized spacial score (nSPS) is 19.5. The highest BCUT2D eigenvalue weighted by Crippen LogP contribution is 2.24. The minimum Gasteiger partial charge on any atom is -0.491 e. The van der Waals surface area contributed by atoms with E-state index >= 15 is 0 Å². The molecule has 0 aliphatic carbocycles. The van der Waals surface area contributed by atoms with Crippen LogP contribution in [0.4, 0.5) is 0 Å². The van der Waals surface area contributed by atoms with E-state index in [1.165, 1.54) is 11.1 Å². The van der Waals surface area contributed by atoms with Crippen LogP contribution in [-0.2, 0) is 11.2 Å². The van der Waals surface area contributed by atoms with Gasteiger partial charge in [-0.25, -0.2) is 0 Å². The van der Waals surface area contributed by atoms with Crippen LogP contribution in [0.5, 0.6) is 5.75 Å². The molecular formula is C21H26N2O3. The standard InChI is InChI=1S/C21H26N2O3/c1-17-5-7-19(8-6-17)26-16-21(25)11-14-23(15-21)20(24)4-2-3-18-9-12-22-13-10-18/h5-10,12-13,25H,2-4,11,14-16H2,1H3. The molecule has 0 bridgehead atoms. The topological polar surface area (TPSA) is 62.7 Å². The number of pyridine rings is 1. The molecule has 0 spiro atoms. The lowest BCUT2D eigenvalue weighted by Gasteiger charge is -2.23. The van der Waals surface area contributed by atoms with Crippen molar-refractivity contribution in [3.8, 4) is 5.75 Å². The third kappa shape index (κ3) is 5.05. The Kier molecular flexibility index (Phi) is 5.89. The summed E-state index contributed by atoms with van der Waals surface area (Å²) < 4.78 is 5.72. The van der Waals surface area contributed by atoms with Gasteiger partial charge in [0.05, 0.1) is 6.54 Å². The number of rotatable bonds is 7. The summed E-state index contributed by atoms with van der Waals surface area (Å²) in [4.78, 5) is 18.1. The van der Waals surface area contributed by atoms with E-state index < -0.39 is 5.60 Å². The monoisotopic (exact) mass is 354 g/mol. The lowest BCUT2D eigenvalue weighted by Crippen LogP contribution is -2.40. The Bertz CT molecular complexity index is 718. The molecule has 1 aromatic carbocycles. The SMILES string of the molecule is Cc1ccc(OCC2(O)CCN(C(=O)CCCc3ccncc3)C2)cc1. The fraction of sp³-hybridized carbons (Fsp3) is 0.429. The average Bonchev–Trinajstić information content (AvgIpc) is 3.05. The molecule has 26 heavy (non-hydrogen) atoms. The molecule has 1 fully saturated rings. The molecule has 5 nitrogen and oxygen atoms in total. The molecule has 3 rings (SSSR count). The maximum Gasteiger partial charge on any atom is 0.222 e. The number of β-amino-alcohol motifs (C(OH)–C–C–N with tert-alkyl or cyclic N) is 1. The summed E-state index contributed by atoms with van der Waals surface area (Å²) in [6, 6.07) is 11.7. The van der Waals surface area contributed by atoms with Gasteiger partial charge in [0.2, 0.25) is 5.91 Å². The molecule has 138 valence electrons. The number of aryl methyl sites for hydroxylation is 2. The van der Waals surface area contributed by atoms with Gasteiger partial charge in [-0.05, 0) is 56.0 Å². The molecule has 1 aliphatic heterocycles. The zero-order valence-electron chi connectivity index (χ0n) is 15.2. The number of ether oxygens (including phenoxy) is 1. The number of likely N-dealkylation sites (tertiary alicyclic amines) is 1. The van der Waals surface area contributed by atoms with Crippen molar-refractivity contribution in [3.05, 3.63) is 59.9 Å². The summed E-state index contributed by atoms with van der Waals surface area (Å²) in [6.45, 7) is 3.15. The van der Waals surface area contributed by atoms with Crippen LogP contribution in [0.2, 0.25) is 0 Å². The summed E-state index contributed by atoms with van der Waals surface area (Å²) >= 11 is 0. The molecule has 5 heteroatoms. The highest BCUT2D eigenvalue weighted by Gasteiger charge is 2.38. The van der Waals surface area contributed by atoms with Crippen molar-refractivity contribution in [1.29, 1.82) is 0 Å². The summed E-state index contributed by atoms with van der Waals surface area (Å²) in [6.07, 6.45) is 6.25. The Morgan fingerprint density at radius 2 is 1.96 bits per heavy atom. The second-order valence-electron chi connectivity index (χ2n) is 7.10. The van der Waals surface area contributed by atoms with E-state index in [0.29, 0.717) is 25.9 Å². The second-order valence-corrected chi connectivity index (χ2v) is 7.10. The van der Waals surface area contributed by atoms with Gasteiger partial charge in [0, 0.05) is 25.4 Å². The van der Waals surface area contributed by atoms with E-state index in [0.717, 1.165) is 18.6 Å². The Labute approximate surface area is 154 Å². The molecule has 0 saturated carbocycles. The Hall–Kier alpha value is -2.40. The predicted molar refractivity (Wildman–Crippen MR) is 100.0 cm³/mol. The molecule has 1 N–H and O–H groups in total. The van der Waals surface area contributed by atoms with Crippen molar-refractivity contribution >= 4 is 5.91 Å². The number of carbonyl (C=O) groups excluding carboxylic acids is 1. The average molecular weight is 354 g/mol. The first kappa shape index (κ1) is 18.4. The zero-order valence-corrected chi connectivity index (χ0v) is 15.2. The number of carbonyl (C=O) groups is 1. The van der Waals surface area contributed by atoms with Gasteiger partial charge in [0.15, 0.2) is 0 Å². The number of hydrogen-bond donors (Lipinski definition) is 1. The Morgan fingerprint density at radius 1 is 1.23 bits per heavy atom. The largest absolute Gasteiger partial charge is 0.491 e. The second kappa shape index (κ2) is 8.32. The number of aliphatic hydroxyl groups is 1.